The van der Waals surface area contributed by atoms with Crippen LogP contribution in [0.4, 0.5) is 8.63 Å². The summed E-state index contributed by atoms with van der Waals surface area (Å²) in [5.41, 5.74) is 7.07. The predicted octanol–water partition coefficient (Wildman–Crippen LogP) is 5.95. The monoisotopic (exact) mass is 614 g/mol. The largest absolute Gasteiger partial charge is 0.737 e. The lowest BCUT2D eigenvalue weighted by atomic mass is 9.83. The number of hydrogen-bond donors (Lipinski definition) is 0. The predicted molar refractivity (Wildman–Crippen MR) is 153 cm³/mol. The zero-order valence-electron chi connectivity index (χ0n) is 21.6. The lowest BCUT2D eigenvalue weighted by Gasteiger charge is -2.34. The van der Waals surface area contributed by atoms with E-state index in [4.69, 9.17) is 22.3 Å². The SMILES string of the molecule is C#CCOCC1=[N+]2C(=C(c3ccc(I)cc3)c3c(C)c(CC)c(COCC#C)n3[B-]2(F)F)C(C)=C1CC. The van der Waals surface area contributed by atoms with Crippen molar-refractivity contribution in [2.75, 3.05) is 19.8 Å². The third-order valence-electron chi connectivity index (χ3n) is 7.16. The number of terminal acetylenes is 2. The van der Waals surface area contributed by atoms with Crippen LogP contribution in [0.25, 0.3) is 5.57 Å². The fourth-order valence-corrected chi connectivity index (χ4v) is 6.08. The molecule has 2 aliphatic rings. The van der Waals surface area contributed by atoms with Crippen molar-refractivity contribution in [2.45, 2.75) is 47.1 Å². The molecule has 4 rings (SSSR count). The molecule has 0 aliphatic carbocycles. The normalized spacial score (nSPS) is 16.1. The topological polar surface area (TPSA) is 26.4 Å². The molecule has 0 bridgehead atoms. The molecule has 4 nitrogen and oxygen atoms in total. The fraction of sp³-hybridized carbons (Fsp3) is 0.345. The van der Waals surface area contributed by atoms with Gasteiger partial charge in [-0.2, -0.15) is 0 Å². The van der Waals surface area contributed by atoms with Crippen molar-refractivity contribution in [3.8, 4) is 24.7 Å². The number of ether oxygens (including phenoxy) is 2. The Balaban J connectivity index is 2.13. The Labute approximate surface area is 231 Å². The van der Waals surface area contributed by atoms with Crippen molar-refractivity contribution in [3.05, 3.63) is 72.8 Å². The molecule has 0 N–H and O–H groups in total. The van der Waals surface area contributed by atoms with E-state index in [0.29, 0.717) is 35.6 Å². The number of nitrogens with zero attached hydrogens (tertiary/aromatic N) is 2. The molecule has 0 radical (unpaired) electrons. The van der Waals surface area contributed by atoms with Crippen LogP contribution in [0.15, 0.2) is 41.1 Å². The minimum absolute atomic E-state index is 0.00463. The van der Waals surface area contributed by atoms with E-state index >= 15 is 8.63 Å². The van der Waals surface area contributed by atoms with Crippen molar-refractivity contribution in [3.63, 3.8) is 0 Å². The summed E-state index contributed by atoms with van der Waals surface area (Å²) in [6, 6.07) is 8.01. The van der Waals surface area contributed by atoms with Gasteiger partial charge in [0.2, 0.25) is 0 Å². The van der Waals surface area contributed by atoms with E-state index < -0.39 is 6.97 Å². The molecular formula is C29H30BF2IN2O2. The molecule has 0 atom stereocenters. The van der Waals surface area contributed by atoms with Crippen molar-refractivity contribution in [1.29, 1.82) is 0 Å². The molecule has 0 unspecified atom stereocenters. The van der Waals surface area contributed by atoms with Gasteiger partial charge in [0, 0.05) is 26.1 Å². The molecular weight excluding hydrogens is 584 g/mol. The Hall–Kier alpha value is -2.66. The number of halogens is 3. The maximum atomic E-state index is 16.9. The number of benzene rings is 1. The molecule has 0 saturated heterocycles. The number of aromatic nitrogens is 1. The van der Waals surface area contributed by atoms with Crippen molar-refractivity contribution in [2.24, 2.45) is 0 Å². The van der Waals surface area contributed by atoms with Crippen LogP contribution in [0.5, 0.6) is 0 Å². The van der Waals surface area contributed by atoms with E-state index in [1.54, 1.807) is 0 Å². The first kappa shape index (κ1) is 27.4. The van der Waals surface area contributed by atoms with Crippen molar-refractivity contribution < 1.29 is 22.6 Å². The van der Waals surface area contributed by atoms with E-state index in [0.717, 1.165) is 37.0 Å². The Morgan fingerprint density at radius 1 is 1.00 bits per heavy atom. The molecule has 1 aromatic heterocycles. The van der Waals surface area contributed by atoms with Gasteiger partial charge in [0.15, 0.2) is 11.4 Å². The number of fused-ring (bicyclic) bond motifs is 2. The average molecular weight is 614 g/mol. The molecule has 3 heterocycles. The number of rotatable bonds is 9. The zero-order chi connectivity index (χ0) is 26.9. The molecule has 0 fully saturated rings. The highest BCUT2D eigenvalue weighted by atomic mass is 127. The lowest BCUT2D eigenvalue weighted by molar-refractivity contribution is -0.365. The second-order valence-corrected chi connectivity index (χ2v) is 10.4. The van der Waals surface area contributed by atoms with Crippen LogP contribution in [-0.4, -0.2) is 41.5 Å². The highest BCUT2D eigenvalue weighted by Crippen LogP contribution is 2.47. The summed E-state index contributed by atoms with van der Waals surface area (Å²) in [5.74, 6) is 4.87. The maximum absolute atomic E-state index is 16.9. The fourth-order valence-electron chi connectivity index (χ4n) is 5.72. The van der Waals surface area contributed by atoms with Gasteiger partial charge in [-0.3, -0.25) is 0 Å². The van der Waals surface area contributed by atoms with E-state index in [2.05, 4.69) is 34.4 Å². The van der Waals surface area contributed by atoms with Gasteiger partial charge in [-0.1, -0.05) is 37.8 Å². The summed E-state index contributed by atoms with van der Waals surface area (Å²) in [6.45, 7) is 3.66. The lowest BCUT2D eigenvalue weighted by Crippen LogP contribution is -2.52. The Kier molecular flexibility index (Phi) is 8.13. The summed E-state index contributed by atoms with van der Waals surface area (Å²) >= 11 is 2.25. The van der Waals surface area contributed by atoms with Crippen molar-refractivity contribution >= 4 is 40.8 Å². The Morgan fingerprint density at radius 2 is 1.62 bits per heavy atom. The van der Waals surface area contributed by atoms with Crippen LogP contribution in [-0.2, 0) is 22.5 Å². The van der Waals surface area contributed by atoms with Crippen LogP contribution >= 0.6 is 22.6 Å². The molecule has 0 amide bonds. The van der Waals surface area contributed by atoms with Crippen molar-refractivity contribution in [1.82, 2.24) is 4.48 Å². The first-order valence-electron chi connectivity index (χ1n) is 12.4. The zero-order valence-corrected chi connectivity index (χ0v) is 23.8. The van der Waals surface area contributed by atoms with E-state index in [-0.39, 0.29) is 26.4 Å². The summed E-state index contributed by atoms with van der Waals surface area (Å²) in [4.78, 5) is 0. The number of allylic oxidation sites excluding steroid dienone is 1. The standard InChI is InChI=1S/C29H30BF2IN2O2/c1-7-15-36-17-25-23(9-3)19(5)28-27(21-11-13-22(33)14-12-21)29-20(6)24(10-4)26(18-37-16-8-2)35(29)30(31,32)34(25)28/h1-2,11-14H,9-10,15-18H2,3-6H3. The van der Waals surface area contributed by atoms with Gasteiger partial charge >= 0.3 is 6.97 Å². The first-order chi connectivity index (χ1) is 17.7. The molecule has 8 heteroatoms. The third kappa shape index (κ3) is 4.50. The van der Waals surface area contributed by atoms with E-state index in [9.17, 15) is 0 Å². The van der Waals surface area contributed by atoms with Gasteiger partial charge in [0.05, 0.1) is 12.2 Å². The Morgan fingerprint density at radius 3 is 2.19 bits per heavy atom. The molecule has 1 aromatic carbocycles. The van der Waals surface area contributed by atoms with Gasteiger partial charge in [-0.05, 0) is 78.1 Å². The van der Waals surface area contributed by atoms with Crippen LogP contribution < -0.4 is 0 Å². The van der Waals surface area contributed by atoms with E-state index in [1.165, 1.54) is 8.96 Å². The van der Waals surface area contributed by atoms with E-state index in [1.807, 2.05) is 52.0 Å². The molecule has 192 valence electrons. The van der Waals surface area contributed by atoms with Crippen LogP contribution in [0.3, 0.4) is 0 Å². The van der Waals surface area contributed by atoms with Gasteiger partial charge in [0.1, 0.15) is 19.8 Å². The van der Waals surface area contributed by atoms with Gasteiger partial charge in [-0.15, -0.1) is 12.8 Å². The smallest absolute Gasteiger partial charge is 0.391 e. The van der Waals surface area contributed by atoms with Crippen LogP contribution in [0, 0.1) is 35.2 Å². The first-order valence-corrected chi connectivity index (χ1v) is 13.5. The van der Waals surface area contributed by atoms with Crippen LogP contribution in [0.1, 0.15) is 55.3 Å². The minimum Gasteiger partial charge on any atom is -0.391 e. The molecule has 0 spiro atoms. The molecule has 37 heavy (non-hydrogen) atoms. The summed E-state index contributed by atoms with van der Waals surface area (Å²) in [7, 11) is 0. The van der Waals surface area contributed by atoms with Crippen LogP contribution in [0.2, 0.25) is 0 Å². The molecule has 0 saturated carbocycles. The number of hydrogen-bond acceptors (Lipinski definition) is 2. The second kappa shape index (κ2) is 11.0. The van der Waals surface area contributed by atoms with Gasteiger partial charge in [0.25, 0.3) is 0 Å². The summed E-state index contributed by atoms with van der Waals surface area (Å²) < 4.78 is 48.6. The van der Waals surface area contributed by atoms with Gasteiger partial charge in [-0.25, -0.2) is 0 Å². The summed E-state index contributed by atoms with van der Waals surface area (Å²) in [5, 5.41) is 0. The maximum Gasteiger partial charge on any atom is 0.737 e. The highest BCUT2D eigenvalue weighted by Gasteiger charge is 2.57. The molecule has 2 aliphatic heterocycles. The third-order valence-corrected chi connectivity index (χ3v) is 7.88. The second-order valence-electron chi connectivity index (χ2n) is 9.11. The Bertz CT molecular complexity index is 1420. The minimum atomic E-state index is -4.27. The average Bonchev–Trinajstić information content (AvgIpc) is 3.32. The quantitative estimate of drug-likeness (QED) is 0.151. The highest BCUT2D eigenvalue weighted by molar-refractivity contribution is 14.1. The molecule has 2 aromatic rings. The van der Waals surface area contributed by atoms with Gasteiger partial charge < -0.3 is 27.1 Å². The summed E-state index contributed by atoms with van der Waals surface area (Å²) in [6.07, 6.45) is 12.0.